The van der Waals surface area contributed by atoms with Crippen LogP contribution in [0.3, 0.4) is 0 Å². The fourth-order valence-electron chi connectivity index (χ4n) is 3.75. The van der Waals surface area contributed by atoms with Gasteiger partial charge in [0.05, 0.1) is 5.02 Å². The van der Waals surface area contributed by atoms with Crippen molar-refractivity contribution in [1.82, 2.24) is 14.4 Å². The Morgan fingerprint density at radius 1 is 1.20 bits per heavy atom. The highest BCUT2D eigenvalue weighted by molar-refractivity contribution is 6.31. The van der Waals surface area contributed by atoms with Gasteiger partial charge in [0.2, 0.25) is 0 Å². The van der Waals surface area contributed by atoms with Gasteiger partial charge in [-0.2, -0.15) is 0 Å². The minimum absolute atomic E-state index is 0.127. The second kappa shape index (κ2) is 5.41. The molecule has 0 saturated carbocycles. The molecule has 3 rings (SSSR count). The zero-order chi connectivity index (χ0) is 14.3. The Bertz CT molecular complexity index is 513. The third-order valence-corrected chi connectivity index (χ3v) is 4.98. The first-order valence-corrected chi connectivity index (χ1v) is 7.79. The maximum Gasteiger partial charge on any atom is 0.270 e. The van der Waals surface area contributed by atoms with Gasteiger partial charge in [-0.1, -0.05) is 11.6 Å². The van der Waals surface area contributed by atoms with Crippen LogP contribution in [0.1, 0.15) is 36.2 Å². The average Bonchev–Trinajstić information content (AvgIpc) is 3.08. The molecule has 1 aromatic rings. The zero-order valence-corrected chi connectivity index (χ0v) is 12.9. The van der Waals surface area contributed by atoms with Crippen LogP contribution < -0.4 is 0 Å². The van der Waals surface area contributed by atoms with Crippen LogP contribution in [0.25, 0.3) is 0 Å². The summed E-state index contributed by atoms with van der Waals surface area (Å²) in [5.41, 5.74) is 0.697. The van der Waals surface area contributed by atoms with E-state index in [1.807, 2.05) is 11.6 Å². The molecule has 2 fully saturated rings. The van der Waals surface area contributed by atoms with Crippen molar-refractivity contribution in [2.24, 2.45) is 7.05 Å². The van der Waals surface area contributed by atoms with Crippen molar-refractivity contribution in [2.75, 3.05) is 20.1 Å². The second-order valence-electron chi connectivity index (χ2n) is 6.05. The van der Waals surface area contributed by atoms with Gasteiger partial charge in [0.15, 0.2) is 0 Å². The Labute approximate surface area is 125 Å². The van der Waals surface area contributed by atoms with Gasteiger partial charge < -0.3 is 14.4 Å². The number of likely N-dealkylation sites (tertiary alicyclic amines) is 2. The van der Waals surface area contributed by atoms with Crippen LogP contribution in [-0.2, 0) is 7.05 Å². The summed E-state index contributed by atoms with van der Waals surface area (Å²) in [5, 5.41) is 0.629. The number of halogens is 1. The lowest BCUT2D eigenvalue weighted by atomic mass is 10.0. The number of aryl methyl sites for hydroxylation is 1. The van der Waals surface area contributed by atoms with Crippen molar-refractivity contribution >= 4 is 17.5 Å². The molecule has 2 saturated heterocycles. The van der Waals surface area contributed by atoms with Gasteiger partial charge in [0, 0.05) is 31.9 Å². The monoisotopic (exact) mass is 295 g/mol. The summed E-state index contributed by atoms with van der Waals surface area (Å²) < 4.78 is 1.83. The first-order chi connectivity index (χ1) is 9.58. The Balaban J connectivity index is 1.81. The summed E-state index contributed by atoms with van der Waals surface area (Å²) in [4.78, 5) is 17.3. The number of likely N-dealkylation sites (N-methyl/N-ethyl adjacent to an activating group) is 1. The van der Waals surface area contributed by atoms with E-state index in [1.165, 1.54) is 12.8 Å². The predicted molar refractivity (Wildman–Crippen MR) is 80.1 cm³/mol. The molecular formula is C15H22ClN3O. The summed E-state index contributed by atoms with van der Waals surface area (Å²) in [6.07, 6.45) is 6.48. The smallest absolute Gasteiger partial charge is 0.270 e. The van der Waals surface area contributed by atoms with Gasteiger partial charge in [-0.25, -0.2) is 0 Å². The van der Waals surface area contributed by atoms with Gasteiger partial charge in [0.1, 0.15) is 5.69 Å². The van der Waals surface area contributed by atoms with Crippen molar-refractivity contribution < 1.29 is 4.79 Å². The summed E-state index contributed by atoms with van der Waals surface area (Å²) in [7, 11) is 4.06. The van der Waals surface area contributed by atoms with Crippen molar-refractivity contribution in [3.05, 3.63) is 23.0 Å². The maximum absolute atomic E-state index is 12.8. The molecular weight excluding hydrogens is 274 g/mol. The van der Waals surface area contributed by atoms with Crippen molar-refractivity contribution in [3.63, 3.8) is 0 Å². The molecule has 3 heterocycles. The summed E-state index contributed by atoms with van der Waals surface area (Å²) in [6, 6.07) is 2.67. The minimum atomic E-state index is 0.127. The third kappa shape index (κ3) is 2.35. The van der Waals surface area contributed by atoms with E-state index < -0.39 is 0 Å². The molecule has 20 heavy (non-hydrogen) atoms. The van der Waals surface area contributed by atoms with E-state index in [1.54, 1.807) is 12.3 Å². The van der Waals surface area contributed by atoms with Gasteiger partial charge in [-0.3, -0.25) is 4.79 Å². The van der Waals surface area contributed by atoms with Crippen LogP contribution in [0.15, 0.2) is 12.3 Å². The number of carbonyl (C=O) groups is 1. The second-order valence-corrected chi connectivity index (χ2v) is 6.49. The molecule has 0 spiro atoms. The van der Waals surface area contributed by atoms with Crippen LogP contribution >= 0.6 is 11.6 Å². The third-order valence-electron chi connectivity index (χ3n) is 4.77. The van der Waals surface area contributed by atoms with Gasteiger partial charge in [-0.05, 0) is 45.3 Å². The summed E-state index contributed by atoms with van der Waals surface area (Å²) >= 11 is 6.00. The van der Waals surface area contributed by atoms with Crippen molar-refractivity contribution in [1.29, 1.82) is 0 Å². The zero-order valence-electron chi connectivity index (χ0n) is 12.2. The Morgan fingerprint density at radius 2 is 1.90 bits per heavy atom. The molecule has 0 bridgehead atoms. The number of hydrogen-bond donors (Lipinski definition) is 0. The molecule has 2 atom stereocenters. The lowest BCUT2D eigenvalue weighted by molar-refractivity contribution is 0.0655. The summed E-state index contributed by atoms with van der Waals surface area (Å²) in [6.45, 7) is 2.02. The number of nitrogens with zero attached hydrogens (tertiary/aromatic N) is 3. The fraction of sp³-hybridized carbons (Fsp3) is 0.667. The molecule has 0 radical (unpaired) electrons. The number of rotatable bonds is 2. The number of aromatic nitrogens is 1. The lowest BCUT2D eigenvalue weighted by Crippen LogP contribution is -2.47. The Kier molecular flexibility index (Phi) is 3.78. The number of amides is 1. The van der Waals surface area contributed by atoms with E-state index >= 15 is 0 Å². The first-order valence-electron chi connectivity index (χ1n) is 7.41. The topological polar surface area (TPSA) is 28.5 Å². The van der Waals surface area contributed by atoms with E-state index in [2.05, 4.69) is 16.8 Å². The highest BCUT2D eigenvalue weighted by Gasteiger charge is 2.39. The van der Waals surface area contributed by atoms with E-state index in [9.17, 15) is 4.79 Å². The molecule has 4 nitrogen and oxygen atoms in total. The molecule has 1 amide bonds. The molecule has 110 valence electrons. The van der Waals surface area contributed by atoms with Crippen molar-refractivity contribution in [3.8, 4) is 0 Å². The van der Waals surface area contributed by atoms with Gasteiger partial charge in [-0.15, -0.1) is 0 Å². The highest BCUT2D eigenvalue weighted by Crippen LogP contribution is 2.30. The molecule has 2 unspecified atom stereocenters. The SMILES string of the molecule is CN1CCCC1C1CCCN1C(=O)c1cc(Cl)cn1C. The fourth-order valence-corrected chi connectivity index (χ4v) is 4.00. The molecule has 0 aromatic carbocycles. The standard InChI is InChI=1S/C15H22ClN3O/c1-17-7-3-5-12(17)13-6-4-8-19(13)15(20)14-9-11(16)10-18(14)2/h9-10,12-13H,3-8H2,1-2H3. The number of hydrogen-bond acceptors (Lipinski definition) is 2. The molecule has 5 heteroatoms. The Hall–Kier alpha value is -1.00. The molecule has 2 aliphatic rings. The van der Waals surface area contributed by atoms with Gasteiger partial charge >= 0.3 is 0 Å². The quantitative estimate of drug-likeness (QED) is 0.838. The average molecular weight is 296 g/mol. The molecule has 2 aliphatic heterocycles. The molecule has 0 aliphatic carbocycles. The minimum Gasteiger partial charge on any atom is -0.345 e. The van der Waals surface area contributed by atoms with Crippen LogP contribution in [0.2, 0.25) is 5.02 Å². The van der Waals surface area contributed by atoms with E-state index in [-0.39, 0.29) is 5.91 Å². The Morgan fingerprint density at radius 3 is 2.50 bits per heavy atom. The van der Waals surface area contributed by atoms with Crippen LogP contribution in [0.5, 0.6) is 0 Å². The normalized spacial score (nSPS) is 27.4. The first kappa shape index (κ1) is 14.0. The summed E-state index contributed by atoms with van der Waals surface area (Å²) in [5.74, 6) is 0.127. The number of carbonyl (C=O) groups excluding carboxylic acids is 1. The lowest BCUT2D eigenvalue weighted by Gasteiger charge is -2.33. The van der Waals surface area contributed by atoms with Crippen LogP contribution in [0, 0.1) is 0 Å². The van der Waals surface area contributed by atoms with Gasteiger partial charge in [0.25, 0.3) is 5.91 Å². The van der Waals surface area contributed by atoms with E-state index in [0.717, 1.165) is 25.9 Å². The highest BCUT2D eigenvalue weighted by atomic mass is 35.5. The van der Waals surface area contributed by atoms with Crippen molar-refractivity contribution in [2.45, 2.75) is 37.8 Å². The maximum atomic E-state index is 12.8. The largest absolute Gasteiger partial charge is 0.345 e. The van der Waals surface area contributed by atoms with E-state index in [4.69, 9.17) is 11.6 Å². The van der Waals surface area contributed by atoms with Crippen LogP contribution in [0.4, 0.5) is 0 Å². The van der Waals surface area contributed by atoms with Crippen LogP contribution in [-0.4, -0.2) is 52.5 Å². The van der Waals surface area contributed by atoms with E-state index in [0.29, 0.717) is 22.8 Å². The molecule has 1 aromatic heterocycles. The predicted octanol–water partition coefficient (Wildman–Crippen LogP) is 2.38. The molecule has 0 N–H and O–H groups in total.